The van der Waals surface area contributed by atoms with E-state index in [2.05, 4.69) is 11.1 Å². The fourth-order valence-corrected chi connectivity index (χ4v) is 2.82. The van der Waals surface area contributed by atoms with Crippen LogP contribution in [0.3, 0.4) is 0 Å². The van der Waals surface area contributed by atoms with Gasteiger partial charge in [-0.15, -0.1) is 0 Å². The first kappa shape index (κ1) is 14.8. The van der Waals surface area contributed by atoms with Crippen LogP contribution in [0.15, 0.2) is 17.8 Å². The normalized spacial score (nSPS) is 14.8. The molecule has 20 heavy (non-hydrogen) atoms. The summed E-state index contributed by atoms with van der Waals surface area (Å²) in [5.74, 6) is 1.10. The van der Waals surface area contributed by atoms with E-state index >= 15 is 0 Å². The van der Waals surface area contributed by atoms with Crippen molar-refractivity contribution in [3.63, 3.8) is 0 Å². The van der Waals surface area contributed by atoms with E-state index < -0.39 is 0 Å². The fraction of sp³-hybridized carbons (Fsp3) is 0.529. The van der Waals surface area contributed by atoms with Crippen LogP contribution in [-0.4, -0.2) is 17.9 Å². The minimum atomic E-state index is 0.250. The molecule has 1 aliphatic rings. The third-order valence-corrected chi connectivity index (χ3v) is 3.92. The topological polar surface area (TPSA) is 39.2 Å². The lowest BCUT2D eigenvalue weighted by Crippen LogP contribution is -2.09. The molecule has 0 spiro atoms. The van der Waals surface area contributed by atoms with E-state index in [1.54, 1.807) is 13.3 Å². The molecular formula is C17H23NO2. The molecule has 0 saturated heterocycles. The molecule has 1 aromatic heterocycles. The van der Waals surface area contributed by atoms with Crippen molar-refractivity contribution in [2.24, 2.45) is 0 Å². The SMILES string of the molecule is COc1c(C)cnc(CC(=O)CC2=CCCCC2)c1C. The van der Waals surface area contributed by atoms with Crippen molar-refractivity contribution in [3.8, 4) is 5.75 Å². The number of pyridine rings is 1. The van der Waals surface area contributed by atoms with E-state index in [0.717, 1.165) is 35.4 Å². The molecule has 0 radical (unpaired) electrons. The van der Waals surface area contributed by atoms with Crippen LogP contribution in [0.2, 0.25) is 0 Å². The lowest BCUT2D eigenvalue weighted by molar-refractivity contribution is -0.117. The Hall–Kier alpha value is -1.64. The van der Waals surface area contributed by atoms with Gasteiger partial charge in [-0.3, -0.25) is 9.78 Å². The highest BCUT2D eigenvalue weighted by Gasteiger charge is 2.14. The van der Waals surface area contributed by atoms with Gasteiger partial charge in [0.2, 0.25) is 0 Å². The summed E-state index contributed by atoms with van der Waals surface area (Å²) in [5.41, 5.74) is 4.14. The Morgan fingerprint density at radius 2 is 2.10 bits per heavy atom. The van der Waals surface area contributed by atoms with E-state index in [0.29, 0.717) is 12.8 Å². The maximum Gasteiger partial charge on any atom is 0.142 e. The molecule has 3 nitrogen and oxygen atoms in total. The molecule has 0 N–H and O–H groups in total. The molecule has 1 aliphatic carbocycles. The second kappa shape index (κ2) is 6.69. The second-order valence-corrected chi connectivity index (χ2v) is 5.55. The zero-order valence-electron chi connectivity index (χ0n) is 12.7. The van der Waals surface area contributed by atoms with Crippen molar-refractivity contribution in [2.75, 3.05) is 7.11 Å². The summed E-state index contributed by atoms with van der Waals surface area (Å²) in [4.78, 5) is 16.6. The lowest BCUT2D eigenvalue weighted by Gasteiger charge is -2.14. The summed E-state index contributed by atoms with van der Waals surface area (Å²) in [6, 6.07) is 0. The Morgan fingerprint density at radius 3 is 2.75 bits per heavy atom. The van der Waals surface area contributed by atoms with E-state index in [-0.39, 0.29) is 5.78 Å². The number of carbonyl (C=O) groups is 1. The molecule has 0 unspecified atom stereocenters. The molecule has 0 bridgehead atoms. The van der Waals surface area contributed by atoms with Gasteiger partial charge >= 0.3 is 0 Å². The summed E-state index contributed by atoms with van der Waals surface area (Å²) >= 11 is 0. The predicted octanol–water partition coefficient (Wildman–Crippen LogP) is 3.71. The first-order valence-electron chi connectivity index (χ1n) is 7.30. The van der Waals surface area contributed by atoms with Crippen LogP contribution in [0.25, 0.3) is 0 Å². The number of aromatic nitrogens is 1. The number of methoxy groups -OCH3 is 1. The Kier molecular flexibility index (Phi) is 4.94. The summed E-state index contributed by atoms with van der Waals surface area (Å²) in [6.45, 7) is 3.94. The van der Waals surface area contributed by atoms with Gasteiger partial charge in [0.25, 0.3) is 0 Å². The molecule has 1 aromatic rings. The summed E-state index contributed by atoms with van der Waals surface area (Å²) in [6.07, 6.45) is 9.68. The number of aryl methyl sites for hydroxylation is 1. The second-order valence-electron chi connectivity index (χ2n) is 5.55. The third-order valence-electron chi connectivity index (χ3n) is 3.92. The van der Waals surface area contributed by atoms with Crippen molar-refractivity contribution in [3.05, 3.63) is 34.7 Å². The first-order chi connectivity index (χ1) is 9.61. The highest BCUT2D eigenvalue weighted by molar-refractivity contribution is 5.83. The van der Waals surface area contributed by atoms with Crippen molar-refractivity contribution in [2.45, 2.75) is 52.4 Å². The monoisotopic (exact) mass is 273 g/mol. The smallest absolute Gasteiger partial charge is 0.142 e. The van der Waals surface area contributed by atoms with Crippen molar-refractivity contribution in [1.82, 2.24) is 4.98 Å². The number of hydrogen-bond donors (Lipinski definition) is 0. The molecule has 2 rings (SSSR count). The van der Waals surface area contributed by atoms with Gasteiger partial charge < -0.3 is 4.74 Å². The molecule has 0 aliphatic heterocycles. The van der Waals surface area contributed by atoms with Crippen LogP contribution in [0.5, 0.6) is 5.75 Å². The average Bonchev–Trinajstić information content (AvgIpc) is 2.44. The molecule has 0 atom stereocenters. The summed E-state index contributed by atoms with van der Waals surface area (Å²) in [7, 11) is 1.66. The van der Waals surface area contributed by atoms with Crippen LogP contribution in [0.4, 0.5) is 0 Å². The predicted molar refractivity (Wildman–Crippen MR) is 80.1 cm³/mol. The maximum atomic E-state index is 12.2. The fourth-order valence-electron chi connectivity index (χ4n) is 2.82. The molecule has 0 amide bonds. The zero-order chi connectivity index (χ0) is 14.5. The minimum Gasteiger partial charge on any atom is -0.496 e. The highest BCUT2D eigenvalue weighted by atomic mass is 16.5. The Labute approximate surface area is 121 Å². The standard InChI is InChI=1S/C17H23NO2/c1-12-11-18-16(13(2)17(12)20-3)10-15(19)9-14-7-5-4-6-8-14/h7,11H,4-6,8-10H2,1-3H3. The Bertz CT molecular complexity index is 532. The van der Waals surface area contributed by atoms with Crippen LogP contribution in [-0.2, 0) is 11.2 Å². The molecule has 0 saturated carbocycles. The number of ether oxygens (including phenoxy) is 1. The Morgan fingerprint density at radius 1 is 1.30 bits per heavy atom. The number of allylic oxidation sites excluding steroid dienone is 2. The van der Waals surface area contributed by atoms with Crippen LogP contribution >= 0.6 is 0 Å². The van der Waals surface area contributed by atoms with Gasteiger partial charge in [-0.25, -0.2) is 0 Å². The van der Waals surface area contributed by atoms with Crippen molar-refractivity contribution >= 4 is 5.78 Å². The molecular weight excluding hydrogens is 250 g/mol. The molecule has 3 heteroatoms. The number of Topliss-reactive ketones (excluding diaryl/α,β-unsaturated/α-hetero) is 1. The molecule has 0 aromatic carbocycles. The van der Waals surface area contributed by atoms with Gasteiger partial charge in [0.15, 0.2) is 0 Å². The molecule has 108 valence electrons. The minimum absolute atomic E-state index is 0.250. The van der Waals surface area contributed by atoms with E-state index in [9.17, 15) is 4.79 Å². The van der Waals surface area contributed by atoms with Gasteiger partial charge in [-0.05, 0) is 39.5 Å². The maximum absolute atomic E-state index is 12.2. The highest BCUT2D eigenvalue weighted by Crippen LogP contribution is 2.25. The van der Waals surface area contributed by atoms with Crippen LogP contribution in [0.1, 0.15) is 48.9 Å². The number of carbonyl (C=O) groups excluding carboxylic acids is 1. The van der Waals surface area contributed by atoms with Gasteiger partial charge in [-0.2, -0.15) is 0 Å². The number of ketones is 1. The first-order valence-corrected chi connectivity index (χ1v) is 7.30. The van der Waals surface area contributed by atoms with Crippen LogP contribution < -0.4 is 4.74 Å². The number of rotatable bonds is 5. The average molecular weight is 273 g/mol. The number of hydrogen-bond acceptors (Lipinski definition) is 3. The molecule has 1 heterocycles. The van der Waals surface area contributed by atoms with E-state index in [4.69, 9.17) is 4.74 Å². The summed E-state index contributed by atoms with van der Waals surface area (Å²) in [5, 5.41) is 0. The van der Waals surface area contributed by atoms with E-state index in [1.807, 2.05) is 13.8 Å². The van der Waals surface area contributed by atoms with Gasteiger partial charge in [0.05, 0.1) is 12.8 Å². The summed E-state index contributed by atoms with van der Waals surface area (Å²) < 4.78 is 5.39. The zero-order valence-corrected chi connectivity index (χ0v) is 12.7. The third kappa shape index (κ3) is 3.47. The quantitative estimate of drug-likeness (QED) is 0.768. The van der Waals surface area contributed by atoms with E-state index in [1.165, 1.54) is 18.4 Å². The lowest BCUT2D eigenvalue weighted by atomic mass is 9.94. The van der Waals surface area contributed by atoms with Crippen molar-refractivity contribution in [1.29, 1.82) is 0 Å². The largest absolute Gasteiger partial charge is 0.496 e. The van der Waals surface area contributed by atoms with Gasteiger partial charge in [-0.1, -0.05) is 11.6 Å². The van der Waals surface area contributed by atoms with Crippen LogP contribution in [0, 0.1) is 13.8 Å². The van der Waals surface area contributed by atoms with Gasteiger partial charge in [0.1, 0.15) is 11.5 Å². The van der Waals surface area contributed by atoms with Gasteiger partial charge in [0, 0.05) is 30.2 Å². The molecule has 0 fully saturated rings. The number of nitrogens with zero attached hydrogens (tertiary/aromatic N) is 1. The van der Waals surface area contributed by atoms with Crippen molar-refractivity contribution < 1.29 is 9.53 Å². The Balaban J connectivity index is 2.06.